The minimum atomic E-state index is 0.514. The molecule has 0 amide bonds. The average Bonchev–Trinajstić information content (AvgIpc) is 2.17. The number of anilines is 1. The van der Waals surface area contributed by atoms with Gasteiger partial charge in [0.25, 0.3) is 0 Å². The topological polar surface area (TPSA) is 28.2 Å². The Labute approximate surface area is 86.2 Å². The summed E-state index contributed by atoms with van der Waals surface area (Å²) >= 11 is 0. The Hall–Kier alpha value is -1.09. The third kappa shape index (κ3) is 2.70. The van der Waals surface area contributed by atoms with Crippen LogP contribution in [0.2, 0.25) is 0 Å². The first-order chi connectivity index (χ1) is 6.65. The van der Waals surface area contributed by atoms with Gasteiger partial charge in [-0.3, -0.25) is 4.98 Å². The molecule has 0 radical (unpaired) electrons. The fourth-order valence-corrected chi connectivity index (χ4v) is 1.26. The van der Waals surface area contributed by atoms with E-state index in [1.165, 1.54) is 5.69 Å². The van der Waals surface area contributed by atoms with E-state index in [0.29, 0.717) is 6.04 Å². The number of hydrogen-bond donors (Lipinski definition) is 1. The van der Waals surface area contributed by atoms with Crippen LogP contribution >= 0.6 is 0 Å². The summed E-state index contributed by atoms with van der Waals surface area (Å²) in [5.41, 5.74) is 2.30. The maximum atomic E-state index is 4.28. The largest absolute Gasteiger partial charge is 0.372 e. The maximum absolute atomic E-state index is 4.28. The Balaban J connectivity index is 2.82. The SMILES string of the molecule is CNCc1cc(N(C)C(C)C)ccn1. The standard InChI is InChI=1S/C11H19N3/c1-9(2)14(4)11-5-6-13-10(7-11)8-12-3/h5-7,9,12H,8H2,1-4H3. The lowest BCUT2D eigenvalue weighted by Gasteiger charge is -2.23. The monoisotopic (exact) mass is 193 g/mol. The number of nitrogens with zero attached hydrogens (tertiary/aromatic N) is 2. The summed E-state index contributed by atoms with van der Waals surface area (Å²) in [4.78, 5) is 6.52. The van der Waals surface area contributed by atoms with Crippen molar-refractivity contribution in [3.05, 3.63) is 24.0 Å². The molecule has 0 aliphatic heterocycles. The highest BCUT2D eigenvalue weighted by Gasteiger charge is 2.05. The number of hydrogen-bond acceptors (Lipinski definition) is 3. The second-order valence-electron chi connectivity index (χ2n) is 3.74. The van der Waals surface area contributed by atoms with Gasteiger partial charge < -0.3 is 10.2 Å². The Bertz CT molecular complexity index is 284. The molecule has 1 aromatic heterocycles. The van der Waals surface area contributed by atoms with Crippen LogP contribution in [-0.4, -0.2) is 25.1 Å². The molecule has 0 saturated carbocycles. The van der Waals surface area contributed by atoms with Crippen LogP contribution in [-0.2, 0) is 6.54 Å². The minimum Gasteiger partial charge on any atom is -0.372 e. The van der Waals surface area contributed by atoms with E-state index in [1.807, 2.05) is 19.3 Å². The van der Waals surface area contributed by atoms with Crippen LogP contribution in [0.15, 0.2) is 18.3 Å². The maximum Gasteiger partial charge on any atom is 0.0562 e. The predicted molar refractivity (Wildman–Crippen MR) is 60.5 cm³/mol. The van der Waals surface area contributed by atoms with Crippen LogP contribution in [0.4, 0.5) is 5.69 Å². The first-order valence-corrected chi connectivity index (χ1v) is 4.97. The van der Waals surface area contributed by atoms with Crippen molar-refractivity contribution in [2.75, 3.05) is 19.0 Å². The Kier molecular flexibility index (Phi) is 3.89. The van der Waals surface area contributed by atoms with Gasteiger partial charge in [0.05, 0.1) is 5.69 Å². The zero-order chi connectivity index (χ0) is 10.6. The van der Waals surface area contributed by atoms with Crippen molar-refractivity contribution in [2.24, 2.45) is 0 Å². The van der Waals surface area contributed by atoms with Crippen LogP contribution < -0.4 is 10.2 Å². The summed E-state index contributed by atoms with van der Waals surface area (Å²) in [7, 11) is 4.03. The van der Waals surface area contributed by atoms with Gasteiger partial charge in [0, 0.05) is 31.5 Å². The molecule has 3 heteroatoms. The summed E-state index contributed by atoms with van der Waals surface area (Å²) in [6, 6.07) is 4.68. The Morgan fingerprint density at radius 3 is 2.79 bits per heavy atom. The van der Waals surface area contributed by atoms with Crippen molar-refractivity contribution in [3.8, 4) is 0 Å². The van der Waals surface area contributed by atoms with Crippen molar-refractivity contribution >= 4 is 5.69 Å². The van der Waals surface area contributed by atoms with Crippen LogP contribution in [0, 0.1) is 0 Å². The predicted octanol–water partition coefficient (Wildman–Crippen LogP) is 1.65. The molecular formula is C11H19N3. The molecule has 0 aromatic carbocycles. The molecule has 78 valence electrons. The molecule has 0 saturated heterocycles. The van der Waals surface area contributed by atoms with Gasteiger partial charge in [-0.1, -0.05) is 0 Å². The minimum absolute atomic E-state index is 0.514. The van der Waals surface area contributed by atoms with Gasteiger partial charge in [-0.05, 0) is 33.0 Å². The second-order valence-corrected chi connectivity index (χ2v) is 3.74. The first kappa shape index (κ1) is 11.0. The fraction of sp³-hybridized carbons (Fsp3) is 0.545. The summed E-state index contributed by atoms with van der Waals surface area (Å²) in [5.74, 6) is 0. The third-order valence-electron chi connectivity index (χ3n) is 2.34. The smallest absolute Gasteiger partial charge is 0.0562 e. The lowest BCUT2D eigenvalue weighted by Crippen LogP contribution is -2.25. The fourth-order valence-electron chi connectivity index (χ4n) is 1.26. The summed E-state index contributed by atoms with van der Waals surface area (Å²) in [6.45, 7) is 5.18. The lowest BCUT2D eigenvalue weighted by atomic mass is 10.2. The summed E-state index contributed by atoms with van der Waals surface area (Å²) in [5, 5.41) is 3.10. The molecule has 0 bridgehead atoms. The van der Waals surface area contributed by atoms with Crippen molar-refractivity contribution in [3.63, 3.8) is 0 Å². The van der Waals surface area contributed by atoms with E-state index in [4.69, 9.17) is 0 Å². The molecule has 3 nitrogen and oxygen atoms in total. The molecule has 0 fully saturated rings. The van der Waals surface area contributed by atoms with Crippen LogP contribution in [0.1, 0.15) is 19.5 Å². The van der Waals surface area contributed by atoms with Gasteiger partial charge in [-0.25, -0.2) is 0 Å². The lowest BCUT2D eigenvalue weighted by molar-refractivity contribution is 0.747. The van der Waals surface area contributed by atoms with E-state index in [9.17, 15) is 0 Å². The number of pyridine rings is 1. The average molecular weight is 193 g/mol. The number of rotatable bonds is 4. The Morgan fingerprint density at radius 2 is 2.21 bits per heavy atom. The van der Waals surface area contributed by atoms with E-state index in [0.717, 1.165) is 12.2 Å². The van der Waals surface area contributed by atoms with Crippen molar-refractivity contribution in [2.45, 2.75) is 26.4 Å². The molecule has 0 aliphatic carbocycles. The van der Waals surface area contributed by atoms with Crippen molar-refractivity contribution < 1.29 is 0 Å². The molecule has 1 heterocycles. The zero-order valence-electron chi connectivity index (χ0n) is 9.41. The summed E-state index contributed by atoms with van der Waals surface area (Å²) in [6.07, 6.45) is 1.86. The van der Waals surface area contributed by atoms with E-state index in [2.05, 4.69) is 42.2 Å². The van der Waals surface area contributed by atoms with Gasteiger partial charge in [-0.2, -0.15) is 0 Å². The highest BCUT2D eigenvalue weighted by Crippen LogP contribution is 2.14. The quantitative estimate of drug-likeness (QED) is 0.788. The Morgan fingerprint density at radius 1 is 1.50 bits per heavy atom. The molecule has 0 spiro atoms. The molecule has 1 rings (SSSR count). The van der Waals surface area contributed by atoms with E-state index < -0.39 is 0 Å². The highest BCUT2D eigenvalue weighted by molar-refractivity contribution is 5.46. The molecular weight excluding hydrogens is 174 g/mol. The zero-order valence-corrected chi connectivity index (χ0v) is 9.41. The van der Waals surface area contributed by atoms with E-state index in [-0.39, 0.29) is 0 Å². The molecule has 1 aromatic rings. The van der Waals surface area contributed by atoms with Gasteiger partial charge >= 0.3 is 0 Å². The van der Waals surface area contributed by atoms with E-state index >= 15 is 0 Å². The van der Waals surface area contributed by atoms with Crippen molar-refractivity contribution in [1.29, 1.82) is 0 Å². The first-order valence-electron chi connectivity index (χ1n) is 4.97. The van der Waals surface area contributed by atoms with Crippen LogP contribution in [0.5, 0.6) is 0 Å². The molecule has 0 atom stereocenters. The normalized spacial score (nSPS) is 10.6. The molecule has 0 unspecified atom stereocenters. The van der Waals surface area contributed by atoms with Crippen LogP contribution in [0.25, 0.3) is 0 Å². The van der Waals surface area contributed by atoms with Gasteiger partial charge in [0.2, 0.25) is 0 Å². The van der Waals surface area contributed by atoms with Gasteiger partial charge in [0.1, 0.15) is 0 Å². The number of aromatic nitrogens is 1. The van der Waals surface area contributed by atoms with Gasteiger partial charge in [-0.15, -0.1) is 0 Å². The van der Waals surface area contributed by atoms with Crippen LogP contribution in [0.3, 0.4) is 0 Å². The van der Waals surface area contributed by atoms with Crippen molar-refractivity contribution in [1.82, 2.24) is 10.3 Å². The second kappa shape index (κ2) is 4.96. The molecule has 1 N–H and O–H groups in total. The number of nitrogens with one attached hydrogen (secondary N) is 1. The van der Waals surface area contributed by atoms with E-state index in [1.54, 1.807) is 0 Å². The highest BCUT2D eigenvalue weighted by atomic mass is 15.1. The third-order valence-corrected chi connectivity index (χ3v) is 2.34. The molecule has 0 aliphatic rings. The van der Waals surface area contributed by atoms with Gasteiger partial charge in [0.15, 0.2) is 0 Å². The summed E-state index contributed by atoms with van der Waals surface area (Å²) < 4.78 is 0. The molecule has 14 heavy (non-hydrogen) atoms.